The lowest BCUT2D eigenvalue weighted by Gasteiger charge is -2.35. The van der Waals surface area contributed by atoms with Gasteiger partial charge in [0, 0.05) is 41.2 Å². The van der Waals surface area contributed by atoms with E-state index in [1.165, 1.54) is 0 Å². The van der Waals surface area contributed by atoms with Crippen LogP contribution in [-0.4, -0.2) is 47.2 Å². The minimum atomic E-state index is -0.0697. The highest BCUT2D eigenvalue weighted by molar-refractivity contribution is 9.10. The van der Waals surface area contributed by atoms with E-state index in [0.717, 1.165) is 15.9 Å². The van der Waals surface area contributed by atoms with Gasteiger partial charge in [0.1, 0.15) is 0 Å². The Kier molecular flexibility index (Phi) is 6.48. The zero-order valence-electron chi connectivity index (χ0n) is 15.7. The number of carbonyl (C=O) groups excluding carboxylic acids is 1. The van der Waals surface area contributed by atoms with Crippen LogP contribution in [0.3, 0.4) is 0 Å². The van der Waals surface area contributed by atoms with Crippen molar-refractivity contribution >= 4 is 62.5 Å². The van der Waals surface area contributed by atoms with E-state index in [2.05, 4.69) is 31.0 Å². The molecule has 1 saturated heterocycles. The number of nitrogens with zero attached hydrogens (tertiary/aromatic N) is 4. The fraction of sp³-hybridized carbons (Fsp3) is 0.190. The summed E-state index contributed by atoms with van der Waals surface area (Å²) in [7, 11) is 0. The molecule has 2 aromatic carbocycles. The Labute approximate surface area is 197 Å². The molecule has 0 unspecified atom stereocenters. The van der Waals surface area contributed by atoms with Gasteiger partial charge in [-0.3, -0.25) is 4.79 Å². The van der Waals surface area contributed by atoms with Gasteiger partial charge in [0.2, 0.25) is 0 Å². The van der Waals surface area contributed by atoms with Gasteiger partial charge < -0.3 is 9.80 Å². The molecule has 1 aliphatic heterocycles. The molecule has 0 N–H and O–H groups in total. The van der Waals surface area contributed by atoms with Crippen LogP contribution in [0.15, 0.2) is 53.0 Å². The maximum atomic E-state index is 12.8. The normalized spacial score (nSPS) is 14.1. The topological polar surface area (TPSA) is 49.3 Å². The standard InChI is InChI=1S/C21H16BrCl3N4O/c22-13-1-4-17(24)16(11-13)21(30)29-9-7-28(8-10-29)20-6-5-19(26-27-20)15-3-2-14(23)12-18(15)25/h1-6,11-12H,7-10H2. The number of hydrogen-bond acceptors (Lipinski definition) is 4. The minimum Gasteiger partial charge on any atom is -0.352 e. The maximum Gasteiger partial charge on any atom is 0.255 e. The molecule has 0 saturated carbocycles. The van der Waals surface area contributed by atoms with Crippen LogP contribution >= 0.6 is 50.7 Å². The Hall–Kier alpha value is -1.86. The van der Waals surface area contributed by atoms with Gasteiger partial charge in [-0.1, -0.05) is 50.7 Å². The van der Waals surface area contributed by atoms with E-state index in [0.29, 0.717) is 52.5 Å². The molecule has 2 heterocycles. The maximum absolute atomic E-state index is 12.8. The number of halogens is 4. The van der Waals surface area contributed by atoms with Gasteiger partial charge in [0.15, 0.2) is 5.82 Å². The third-order valence-electron chi connectivity index (χ3n) is 4.91. The Morgan fingerprint density at radius 2 is 1.63 bits per heavy atom. The van der Waals surface area contributed by atoms with Crippen molar-refractivity contribution in [1.82, 2.24) is 15.1 Å². The fourth-order valence-electron chi connectivity index (χ4n) is 3.31. The minimum absolute atomic E-state index is 0.0697. The molecular weight excluding hydrogens is 511 g/mol. The number of hydrogen-bond donors (Lipinski definition) is 0. The molecule has 5 nitrogen and oxygen atoms in total. The summed E-state index contributed by atoms with van der Waals surface area (Å²) < 4.78 is 0.824. The summed E-state index contributed by atoms with van der Waals surface area (Å²) in [5.41, 5.74) is 1.96. The van der Waals surface area contributed by atoms with Gasteiger partial charge >= 0.3 is 0 Å². The van der Waals surface area contributed by atoms with Crippen LogP contribution in [0, 0.1) is 0 Å². The Bertz CT molecular complexity index is 1090. The van der Waals surface area contributed by atoms with Gasteiger partial charge in [-0.05, 0) is 48.5 Å². The van der Waals surface area contributed by atoms with Crippen LogP contribution in [0.4, 0.5) is 5.82 Å². The van der Waals surface area contributed by atoms with Crippen molar-refractivity contribution in [2.45, 2.75) is 0 Å². The highest BCUT2D eigenvalue weighted by Gasteiger charge is 2.24. The van der Waals surface area contributed by atoms with E-state index >= 15 is 0 Å². The molecule has 0 aliphatic carbocycles. The van der Waals surface area contributed by atoms with Gasteiger partial charge in [0.25, 0.3) is 5.91 Å². The SMILES string of the molecule is O=C(c1cc(Br)ccc1Cl)N1CCN(c2ccc(-c3ccc(Cl)cc3Cl)nn2)CC1. The molecule has 30 heavy (non-hydrogen) atoms. The van der Waals surface area contributed by atoms with Gasteiger partial charge in [-0.15, -0.1) is 10.2 Å². The molecule has 0 atom stereocenters. The smallest absolute Gasteiger partial charge is 0.255 e. The summed E-state index contributed by atoms with van der Waals surface area (Å²) in [4.78, 5) is 16.7. The first-order valence-electron chi connectivity index (χ1n) is 9.21. The summed E-state index contributed by atoms with van der Waals surface area (Å²) >= 11 is 21.8. The van der Waals surface area contributed by atoms with Gasteiger partial charge in [-0.25, -0.2) is 0 Å². The van der Waals surface area contributed by atoms with Crippen molar-refractivity contribution in [1.29, 1.82) is 0 Å². The number of benzene rings is 2. The van der Waals surface area contributed by atoms with Gasteiger partial charge in [0.05, 0.1) is 21.3 Å². The van der Waals surface area contributed by atoms with E-state index < -0.39 is 0 Å². The number of rotatable bonds is 3. The largest absolute Gasteiger partial charge is 0.352 e. The van der Waals surface area contributed by atoms with Crippen molar-refractivity contribution in [3.05, 3.63) is 73.6 Å². The predicted molar refractivity (Wildman–Crippen MR) is 125 cm³/mol. The average molecular weight is 527 g/mol. The quantitative estimate of drug-likeness (QED) is 0.431. The van der Waals surface area contributed by atoms with E-state index in [4.69, 9.17) is 34.8 Å². The second-order valence-corrected chi connectivity index (χ2v) is 8.97. The third kappa shape index (κ3) is 4.57. The molecule has 0 bridgehead atoms. The van der Waals surface area contributed by atoms with Crippen molar-refractivity contribution in [3.8, 4) is 11.3 Å². The van der Waals surface area contributed by atoms with Crippen LogP contribution in [0.1, 0.15) is 10.4 Å². The molecule has 0 spiro atoms. The Morgan fingerprint density at radius 1 is 0.867 bits per heavy atom. The second-order valence-electron chi connectivity index (χ2n) is 6.80. The first-order chi connectivity index (χ1) is 14.4. The average Bonchev–Trinajstić information content (AvgIpc) is 2.75. The summed E-state index contributed by atoms with van der Waals surface area (Å²) in [5, 5.41) is 10.2. The number of aromatic nitrogens is 2. The molecule has 0 radical (unpaired) electrons. The summed E-state index contributed by atoms with van der Waals surface area (Å²) in [6, 6.07) is 14.4. The lowest BCUT2D eigenvalue weighted by atomic mass is 10.1. The number of amides is 1. The zero-order chi connectivity index (χ0) is 21.3. The summed E-state index contributed by atoms with van der Waals surface area (Å²) in [6.07, 6.45) is 0. The fourth-order valence-corrected chi connectivity index (χ4v) is 4.37. The van der Waals surface area contributed by atoms with Crippen LogP contribution in [0.2, 0.25) is 15.1 Å². The molecule has 4 rings (SSSR count). The number of anilines is 1. The predicted octanol–water partition coefficient (Wildman–Crippen LogP) is 5.83. The van der Waals surface area contributed by atoms with E-state index in [-0.39, 0.29) is 5.91 Å². The molecule has 9 heteroatoms. The molecular formula is C21H16BrCl3N4O. The van der Waals surface area contributed by atoms with Crippen LogP contribution in [0.5, 0.6) is 0 Å². The van der Waals surface area contributed by atoms with Gasteiger partial charge in [-0.2, -0.15) is 0 Å². The lowest BCUT2D eigenvalue weighted by molar-refractivity contribution is 0.0746. The van der Waals surface area contributed by atoms with E-state index in [1.54, 1.807) is 29.2 Å². The number of carbonyl (C=O) groups is 1. The monoisotopic (exact) mass is 524 g/mol. The molecule has 1 fully saturated rings. The number of piperazine rings is 1. The summed E-state index contributed by atoms with van der Waals surface area (Å²) in [5.74, 6) is 0.691. The Balaban J connectivity index is 1.43. The van der Waals surface area contributed by atoms with E-state index in [9.17, 15) is 4.79 Å². The second kappa shape index (κ2) is 9.10. The van der Waals surface area contributed by atoms with Crippen molar-refractivity contribution in [2.24, 2.45) is 0 Å². The molecule has 154 valence electrons. The first-order valence-corrected chi connectivity index (χ1v) is 11.1. The highest BCUT2D eigenvalue weighted by Crippen LogP contribution is 2.29. The zero-order valence-corrected chi connectivity index (χ0v) is 19.5. The van der Waals surface area contributed by atoms with Crippen molar-refractivity contribution < 1.29 is 4.79 Å². The van der Waals surface area contributed by atoms with Crippen LogP contribution in [-0.2, 0) is 0 Å². The highest BCUT2D eigenvalue weighted by atomic mass is 79.9. The molecule has 1 aromatic heterocycles. The summed E-state index contributed by atoms with van der Waals surface area (Å²) in [6.45, 7) is 2.47. The van der Waals surface area contributed by atoms with Crippen LogP contribution < -0.4 is 4.90 Å². The molecule has 1 aliphatic rings. The van der Waals surface area contributed by atoms with Crippen LogP contribution in [0.25, 0.3) is 11.3 Å². The lowest BCUT2D eigenvalue weighted by Crippen LogP contribution is -2.49. The van der Waals surface area contributed by atoms with E-state index in [1.807, 2.05) is 24.3 Å². The third-order valence-corrected chi connectivity index (χ3v) is 6.28. The van der Waals surface area contributed by atoms with Crippen molar-refractivity contribution in [3.63, 3.8) is 0 Å². The molecule has 1 amide bonds. The molecule has 3 aromatic rings. The van der Waals surface area contributed by atoms with Crippen molar-refractivity contribution in [2.75, 3.05) is 31.1 Å². The first kappa shape index (κ1) is 21.4. The Morgan fingerprint density at radius 3 is 2.30 bits per heavy atom.